The predicted molar refractivity (Wildman–Crippen MR) is 102 cm³/mol. The molecule has 0 fully saturated rings. The zero-order valence-electron chi connectivity index (χ0n) is 16.1. The number of carboxylic acid groups (broad SMARTS) is 1. The summed E-state index contributed by atoms with van der Waals surface area (Å²) in [4.78, 5) is 23.9. The van der Waals surface area contributed by atoms with Crippen LogP contribution >= 0.6 is 0 Å². The molecule has 0 aliphatic carbocycles. The predicted octanol–water partition coefficient (Wildman–Crippen LogP) is 3.35. The number of ether oxygens (including phenoxy) is 2. The van der Waals surface area contributed by atoms with E-state index in [-0.39, 0.29) is 24.6 Å². The van der Waals surface area contributed by atoms with Gasteiger partial charge in [0.1, 0.15) is 5.82 Å². The summed E-state index contributed by atoms with van der Waals surface area (Å²) in [6.45, 7) is 1.67. The number of aliphatic carboxylic acids is 1. The van der Waals surface area contributed by atoms with Gasteiger partial charge in [-0.1, -0.05) is 31.2 Å². The van der Waals surface area contributed by atoms with Crippen molar-refractivity contribution in [3.63, 3.8) is 0 Å². The highest BCUT2D eigenvalue weighted by atomic mass is 19.1. The summed E-state index contributed by atoms with van der Waals surface area (Å²) in [7, 11) is 2.97. The van der Waals surface area contributed by atoms with Crippen molar-refractivity contribution in [3.05, 3.63) is 59.4 Å². The number of halogens is 1. The van der Waals surface area contributed by atoms with E-state index in [2.05, 4.69) is 5.32 Å². The number of carbonyl (C=O) groups is 2. The molecule has 0 aliphatic heterocycles. The number of methoxy groups -OCH3 is 2. The molecular weight excluding hydrogens is 365 g/mol. The molecular formula is C21H24FNO5. The van der Waals surface area contributed by atoms with Crippen LogP contribution in [0.1, 0.15) is 30.5 Å². The van der Waals surface area contributed by atoms with Gasteiger partial charge in [-0.15, -0.1) is 0 Å². The highest BCUT2D eigenvalue weighted by Crippen LogP contribution is 2.31. The van der Waals surface area contributed by atoms with Crippen molar-refractivity contribution in [2.45, 2.75) is 25.8 Å². The zero-order valence-corrected chi connectivity index (χ0v) is 16.1. The van der Waals surface area contributed by atoms with Crippen molar-refractivity contribution >= 4 is 11.9 Å². The van der Waals surface area contributed by atoms with Gasteiger partial charge in [0.05, 0.1) is 26.7 Å². The van der Waals surface area contributed by atoms with E-state index in [1.54, 1.807) is 43.3 Å². The molecule has 0 heterocycles. The topological polar surface area (TPSA) is 84.9 Å². The van der Waals surface area contributed by atoms with Crippen molar-refractivity contribution in [2.75, 3.05) is 14.2 Å². The minimum atomic E-state index is -1.05. The lowest BCUT2D eigenvalue weighted by Gasteiger charge is -2.21. The number of amides is 1. The number of carbonyl (C=O) groups excluding carboxylic acids is 1. The fourth-order valence-corrected chi connectivity index (χ4v) is 2.90. The molecule has 0 bridgehead atoms. The van der Waals surface area contributed by atoms with E-state index in [4.69, 9.17) is 9.47 Å². The minimum Gasteiger partial charge on any atom is -0.493 e. The van der Waals surface area contributed by atoms with Crippen molar-refractivity contribution < 1.29 is 28.6 Å². The van der Waals surface area contributed by atoms with Gasteiger partial charge in [0.15, 0.2) is 11.5 Å². The average molecular weight is 389 g/mol. The first-order valence-corrected chi connectivity index (χ1v) is 8.83. The van der Waals surface area contributed by atoms with Crippen molar-refractivity contribution in [1.29, 1.82) is 0 Å². The summed E-state index contributed by atoms with van der Waals surface area (Å²) < 4.78 is 24.3. The van der Waals surface area contributed by atoms with Gasteiger partial charge in [-0.25, -0.2) is 4.39 Å². The van der Waals surface area contributed by atoms with Gasteiger partial charge in [-0.05, 0) is 35.7 Å². The highest BCUT2D eigenvalue weighted by Gasteiger charge is 2.23. The van der Waals surface area contributed by atoms with Crippen LogP contribution in [0.4, 0.5) is 4.39 Å². The Morgan fingerprint density at radius 3 is 2.39 bits per heavy atom. The third-order valence-electron chi connectivity index (χ3n) is 4.44. The Kier molecular flexibility index (Phi) is 7.37. The number of hydrogen-bond acceptors (Lipinski definition) is 4. The molecule has 2 unspecified atom stereocenters. The smallest absolute Gasteiger partial charge is 0.305 e. The van der Waals surface area contributed by atoms with E-state index in [0.717, 1.165) is 0 Å². The van der Waals surface area contributed by atoms with Crippen LogP contribution in [-0.2, 0) is 16.0 Å². The van der Waals surface area contributed by atoms with Gasteiger partial charge in [0.25, 0.3) is 0 Å². The normalized spacial score (nSPS) is 12.7. The summed E-state index contributed by atoms with van der Waals surface area (Å²) in [6, 6.07) is 10.5. The summed E-state index contributed by atoms with van der Waals surface area (Å²) in [5.74, 6) is -1.38. The fourth-order valence-electron chi connectivity index (χ4n) is 2.90. The second kappa shape index (κ2) is 9.73. The minimum absolute atomic E-state index is 0.213. The quantitative estimate of drug-likeness (QED) is 0.687. The van der Waals surface area contributed by atoms with Gasteiger partial charge in [0, 0.05) is 5.92 Å². The molecule has 2 N–H and O–H groups in total. The van der Waals surface area contributed by atoms with E-state index in [1.165, 1.54) is 20.3 Å². The number of nitrogens with one attached hydrogen (secondary N) is 1. The van der Waals surface area contributed by atoms with Crippen LogP contribution in [0.5, 0.6) is 11.5 Å². The molecule has 0 radical (unpaired) electrons. The van der Waals surface area contributed by atoms with E-state index >= 15 is 0 Å². The SMILES string of the molecule is COc1ccc(C(CC(=O)O)NC(=O)C(C)Cc2ccccc2F)cc1OC. The Balaban J connectivity index is 2.18. The van der Waals surface area contributed by atoms with Crippen LogP contribution in [0, 0.1) is 11.7 Å². The third kappa shape index (κ3) is 5.45. The van der Waals surface area contributed by atoms with Crippen LogP contribution in [0.2, 0.25) is 0 Å². The lowest BCUT2D eigenvalue weighted by Crippen LogP contribution is -2.35. The van der Waals surface area contributed by atoms with E-state index < -0.39 is 17.9 Å². The van der Waals surface area contributed by atoms with E-state index in [1.807, 2.05) is 0 Å². The van der Waals surface area contributed by atoms with E-state index in [0.29, 0.717) is 22.6 Å². The summed E-state index contributed by atoms with van der Waals surface area (Å²) in [6.07, 6.45) is -0.0854. The van der Waals surface area contributed by atoms with Crippen LogP contribution in [0.15, 0.2) is 42.5 Å². The molecule has 0 aliphatic rings. The molecule has 7 heteroatoms. The van der Waals surface area contributed by atoms with Crippen LogP contribution in [-0.4, -0.2) is 31.2 Å². The summed E-state index contributed by atoms with van der Waals surface area (Å²) in [5.41, 5.74) is 1.01. The van der Waals surface area contributed by atoms with E-state index in [9.17, 15) is 19.1 Å². The Hall–Kier alpha value is -3.09. The van der Waals surface area contributed by atoms with Gasteiger partial charge in [0.2, 0.25) is 5.91 Å². The first kappa shape index (κ1) is 21.2. The molecule has 0 spiro atoms. The maximum absolute atomic E-state index is 13.8. The maximum atomic E-state index is 13.8. The Labute approximate surface area is 163 Å². The van der Waals surface area contributed by atoms with Crippen LogP contribution < -0.4 is 14.8 Å². The second-order valence-electron chi connectivity index (χ2n) is 6.47. The molecule has 28 heavy (non-hydrogen) atoms. The Morgan fingerprint density at radius 2 is 1.79 bits per heavy atom. The second-order valence-corrected chi connectivity index (χ2v) is 6.47. The fraction of sp³-hybridized carbons (Fsp3) is 0.333. The van der Waals surface area contributed by atoms with Gasteiger partial charge in [-0.2, -0.15) is 0 Å². The zero-order chi connectivity index (χ0) is 20.7. The monoisotopic (exact) mass is 389 g/mol. The van der Waals surface area contributed by atoms with Crippen molar-refractivity contribution in [2.24, 2.45) is 5.92 Å². The van der Waals surface area contributed by atoms with Gasteiger partial charge < -0.3 is 19.9 Å². The maximum Gasteiger partial charge on any atom is 0.305 e. The lowest BCUT2D eigenvalue weighted by molar-refractivity contribution is -0.137. The first-order valence-electron chi connectivity index (χ1n) is 8.83. The van der Waals surface area contributed by atoms with Crippen LogP contribution in [0.25, 0.3) is 0 Å². The van der Waals surface area contributed by atoms with Crippen LogP contribution in [0.3, 0.4) is 0 Å². The molecule has 6 nitrogen and oxygen atoms in total. The largest absolute Gasteiger partial charge is 0.493 e. The standard InChI is InChI=1S/C21H24FNO5/c1-13(10-14-6-4-5-7-16(14)22)21(26)23-17(12-20(24)25)15-8-9-18(27-2)19(11-15)28-3/h4-9,11,13,17H,10,12H2,1-3H3,(H,23,26)(H,24,25). The number of rotatable bonds is 9. The van der Waals surface area contributed by atoms with Crippen molar-refractivity contribution in [3.8, 4) is 11.5 Å². The number of carboxylic acids is 1. The molecule has 1 amide bonds. The Bertz CT molecular complexity index is 839. The summed E-state index contributed by atoms with van der Waals surface area (Å²) in [5, 5.41) is 12.0. The molecule has 2 aromatic rings. The Morgan fingerprint density at radius 1 is 1.11 bits per heavy atom. The molecule has 2 aromatic carbocycles. The number of hydrogen-bond donors (Lipinski definition) is 2. The average Bonchev–Trinajstić information content (AvgIpc) is 2.68. The molecule has 0 saturated carbocycles. The van der Waals surface area contributed by atoms with Gasteiger partial charge >= 0.3 is 5.97 Å². The lowest BCUT2D eigenvalue weighted by atomic mass is 9.97. The van der Waals surface area contributed by atoms with Gasteiger partial charge in [-0.3, -0.25) is 9.59 Å². The molecule has 0 aromatic heterocycles. The first-order chi connectivity index (χ1) is 13.3. The third-order valence-corrected chi connectivity index (χ3v) is 4.44. The molecule has 2 rings (SSSR count). The molecule has 150 valence electrons. The number of benzene rings is 2. The highest BCUT2D eigenvalue weighted by molar-refractivity contribution is 5.80. The molecule has 2 atom stereocenters. The molecule has 0 saturated heterocycles. The van der Waals surface area contributed by atoms with Crippen molar-refractivity contribution in [1.82, 2.24) is 5.32 Å². The summed E-state index contributed by atoms with van der Waals surface area (Å²) >= 11 is 0.